The first-order valence-electron chi connectivity index (χ1n) is 11.5. The number of nitrogens with zero attached hydrogens (tertiary/aromatic N) is 3. The third-order valence-electron chi connectivity index (χ3n) is 5.48. The van der Waals surface area contributed by atoms with Crippen LogP contribution in [0, 0.1) is 6.92 Å². The molecule has 0 radical (unpaired) electrons. The summed E-state index contributed by atoms with van der Waals surface area (Å²) >= 11 is 7.12. The van der Waals surface area contributed by atoms with Crippen molar-refractivity contribution in [1.29, 1.82) is 0 Å². The van der Waals surface area contributed by atoms with Crippen LogP contribution in [0.25, 0.3) is 16.6 Å². The Morgan fingerprint density at radius 3 is 2.46 bits per heavy atom. The standard InChI is InChI=1S/C26H20ClN5O5S2/c1-16-14-23(30-37-16)31-39(35,36)20-12-8-18(9-13-20)28-24(33)15-38-26-29-22-5-3-2-4-21(22)25(34)32(26)19-10-6-17(27)7-11-19/h2-14H,15H2,1H3,(H,28,33)(H,30,31). The Balaban J connectivity index is 1.31. The van der Waals surface area contributed by atoms with Crippen molar-refractivity contribution in [3.05, 3.63) is 100.0 Å². The van der Waals surface area contributed by atoms with Gasteiger partial charge in [0.05, 0.1) is 27.2 Å². The highest BCUT2D eigenvalue weighted by atomic mass is 35.5. The summed E-state index contributed by atoms with van der Waals surface area (Å²) in [6.45, 7) is 1.65. The van der Waals surface area contributed by atoms with E-state index in [1.54, 1.807) is 55.5 Å². The van der Waals surface area contributed by atoms with Gasteiger partial charge in [-0.3, -0.25) is 18.9 Å². The second-order valence-electron chi connectivity index (χ2n) is 8.32. The summed E-state index contributed by atoms with van der Waals surface area (Å²) in [6, 6.07) is 20.9. The van der Waals surface area contributed by atoms with Gasteiger partial charge in [0, 0.05) is 16.8 Å². The van der Waals surface area contributed by atoms with Crippen molar-refractivity contribution < 1.29 is 17.7 Å². The maximum Gasteiger partial charge on any atom is 0.266 e. The van der Waals surface area contributed by atoms with Gasteiger partial charge in [0.2, 0.25) is 5.91 Å². The molecular formula is C26H20ClN5O5S2. The molecule has 3 aromatic carbocycles. The van der Waals surface area contributed by atoms with E-state index in [2.05, 4.69) is 20.2 Å². The van der Waals surface area contributed by atoms with Crippen LogP contribution in [0.15, 0.2) is 98.2 Å². The summed E-state index contributed by atoms with van der Waals surface area (Å²) in [5.74, 6) is 0.122. The fourth-order valence-corrected chi connectivity index (χ4v) is 5.61. The summed E-state index contributed by atoms with van der Waals surface area (Å²) in [4.78, 5) is 30.7. The van der Waals surface area contributed by atoms with Crippen LogP contribution in [0.4, 0.5) is 11.5 Å². The van der Waals surface area contributed by atoms with Gasteiger partial charge in [0.1, 0.15) is 5.76 Å². The zero-order valence-corrected chi connectivity index (χ0v) is 22.7. The smallest absolute Gasteiger partial charge is 0.266 e. The molecule has 0 bridgehead atoms. The van der Waals surface area contributed by atoms with Crippen LogP contribution < -0.4 is 15.6 Å². The van der Waals surface area contributed by atoms with Gasteiger partial charge in [-0.15, -0.1) is 0 Å². The molecule has 5 aromatic rings. The van der Waals surface area contributed by atoms with E-state index in [0.29, 0.717) is 38.2 Å². The van der Waals surface area contributed by atoms with Crippen molar-refractivity contribution in [3.63, 3.8) is 0 Å². The van der Waals surface area contributed by atoms with Crippen LogP contribution in [-0.2, 0) is 14.8 Å². The van der Waals surface area contributed by atoms with Crippen LogP contribution >= 0.6 is 23.4 Å². The van der Waals surface area contributed by atoms with Gasteiger partial charge in [-0.1, -0.05) is 40.7 Å². The Labute approximate surface area is 232 Å². The van der Waals surface area contributed by atoms with E-state index < -0.39 is 10.0 Å². The molecule has 10 nitrogen and oxygen atoms in total. The van der Waals surface area contributed by atoms with E-state index in [4.69, 9.17) is 16.1 Å². The molecule has 0 atom stereocenters. The highest BCUT2D eigenvalue weighted by Crippen LogP contribution is 2.23. The first kappa shape index (κ1) is 26.5. The third-order valence-corrected chi connectivity index (χ3v) is 8.04. The second-order valence-corrected chi connectivity index (χ2v) is 11.4. The Morgan fingerprint density at radius 1 is 1.05 bits per heavy atom. The number of rotatable bonds is 8. The lowest BCUT2D eigenvalue weighted by atomic mass is 10.2. The quantitative estimate of drug-likeness (QED) is 0.196. The Kier molecular flexibility index (Phi) is 7.42. The minimum atomic E-state index is -3.89. The van der Waals surface area contributed by atoms with Crippen LogP contribution in [0.1, 0.15) is 5.76 Å². The lowest BCUT2D eigenvalue weighted by Crippen LogP contribution is -2.23. The lowest BCUT2D eigenvalue weighted by Gasteiger charge is -2.13. The van der Waals surface area contributed by atoms with E-state index in [1.165, 1.54) is 34.9 Å². The summed E-state index contributed by atoms with van der Waals surface area (Å²) < 4.78 is 33.8. The number of fused-ring (bicyclic) bond motifs is 1. The van der Waals surface area contributed by atoms with Crippen LogP contribution in [0.2, 0.25) is 5.02 Å². The lowest BCUT2D eigenvalue weighted by molar-refractivity contribution is -0.113. The van der Waals surface area contributed by atoms with Gasteiger partial charge >= 0.3 is 0 Å². The number of nitrogens with one attached hydrogen (secondary N) is 2. The van der Waals surface area contributed by atoms with Gasteiger partial charge < -0.3 is 9.84 Å². The van der Waals surface area contributed by atoms with Crippen molar-refractivity contribution in [2.45, 2.75) is 17.0 Å². The molecule has 0 aliphatic heterocycles. The highest BCUT2D eigenvalue weighted by Gasteiger charge is 2.18. The molecule has 39 heavy (non-hydrogen) atoms. The molecule has 198 valence electrons. The molecule has 13 heteroatoms. The first-order valence-corrected chi connectivity index (χ1v) is 14.3. The number of anilines is 2. The summed E-state index contributed by atoms with van der Waals surface area (Å²) in [6.07, 6.45) is 0. The minimum absolute atomic E-state index is 0.0112. The SMILES string of the molecule is Cc1cc(NS(=O)(=O)c2ccc(NC(=O)CSc3nc4ccccc4c(=O)n3-c3ccc(Cl)cc3)cc2)no1. The fourth-order valence-electron chi connectivity index (χ4n) is 3.68. The van der Waals surface area contributed by atoms with E-state index in [1.807, 2.05) is 0 Å². The largest absolute Gasteiger partial charge is 0.360 e. The number of carbonyl (C=O) groups is 1. The van der Waals surface area contributed by atoms with Crippen LogP contribution in [-0.4, -0.2) is 34.8 Å². The summed E-state index contributed by atoms with van der Waals surface area (Å²) in [7, 11) is -3.89. The Hall–Kier alpha value is -4.13. The molecule has 0 saturated carbocycles. The summed E-state index contributed by atoms with van der Waals surface area (Å²) in [5.41, 5.74) is 1.22. The topological polar surface area (TPSA) is 136 Å². The van der Waals surface area contributed by atoms with Crippen LogP contribution in [0.5, 0.6) is 0 Å². The number of aromatic nitrogens is 3. The number of carbonyl (C=O) groups excluding carboxylic acids is 1. The monoisotopic (exact) mass is 581 g/mol. The number of hydrogen-bond donors (Lipinski definition) is 2. The number of halogens is 1. The van der Waals surface area contributed by atoms with Crippen molar-refractivity contribution in [2.75, 3.05) is 15.8 Å². The molecule has 0 fully saturated rings. The number of hydrogen-bond acceptors (Lipinski definition) is 8. The molecule has 1 amide bonds. The zero-order chi connectivity index (χ0) is 27.6. The van der Waals surface area contributed by atoms with Crippen molar-refractivity contribution >= 4 is 61.7 Å². The first-order chi connectivity index (χ1) is 18.7. The fraction of sp³-hybridized carbons (Fsp3) is 0.0769. The Bertz CT molecular complexity index is 1840. The number of para-hydroxylation sites is 1. The molecule has 2 heterocycles. The molecule has 0 aliphatic rings. The maximum absolute atomic E-state index is 13.3. The molecule has 0 unspecified atom stereocenters. The normalized spacial score (nSPS) is 11.4. The van der Waals surface area contributed by atoms with Crippen molar-refractivity contribution in [1.82, 2.24) is 14.7 Å². The predicted molar refractivity (Wildman–Crippen MR) is 150 cm³/mol. The van der Waals surface area contributed by atoms with E-state index in [0.717, 1.165) is 11.8 Å². The molecule has 2 aromatic heterocycles. The Morgan fingerprint density at radius 2 is 1.77 bits per heavy atom. The maximum atomic E-state index is 13.3. The van der Waals surface area contributed by atoms with Gasteiger partial charge in [0.25, 0.3) is 15.6 Å². The van der Waals surface area contributed by atoms with E-state index in [9.17, 15) is 18.0 Å². The number of aryl methyl sites for hydroxylation is 1. The second kappa shape index (κ2) is 10.9. The van der Waals surface area contributed by atoms with Crippen LogP contribution in [0.3, 0.4) is 0 Å². The minimum Gasteiger partial charge on any atom is -0.360 e. The molecule has 0 saturated heterocycles. The third kappa shape index (κ3) is 5.98. The molecule has 0 spiro atoms. The summed E-state index contributed by atoms with van der Waals surface area (Å²) in [5, 5.41) is 7.66. The number of sulfonamides is 1. The number of amides is 1. The molecular weight excluding hydrogens is 562 g/mol. The van der Waals surface area contributed by atoms with Crippen molar-refractivity contribution in [3.8, 4) is 5.69 Å². The predicted octanol–water partition coefficient (Wildman–Crippen LogP) is 4.87. The van der Waals surface area contributed by atoms with Crippen molar-refractivity contribution in [2.24, 2.45) is 0 Å². The number of benzene rings is 3. The van der Waals surface area contributed by atoms with Gasteiger partial charge in [-0.05, 0) is 67.6 Å². The van der Waals surface area contributed by atoms with Gasteiger partial charge in [-0.25, -0.2) is 13.4 Å². The molecule has 0 aliphatic carbocycles. The van der Waals surface area contributed by atoms with E-state index in [-0.39, 0.29) is 27.9 Å². The molecule has 5 rings (SSSR count). The molecule has 2 N–H and O–H groups in total. The van der Waals surface area contributed by atoms with Gasteiger partial charge in [-0.2, -0.15) is 0 Å². The average molecular weight is 582 g/mol. The number of thioether (sulfide) groups is 1. The van der Waals surface area contributed by atoms with E-state index >= 15 is 0 Å². The average Bonchev–Trinajstić information content (AvgIpc) is 3.32. The highest BCUT2D eigenvalue weighted by molar-refractivity contribution is 7.99. The zero-order valence-electron chi connectivity index (χ0n) is 20.3. The van der Waals surface area contributed by atoms with Gasteiger partial charge in [0.15, 0.2) is 11.0 Å².